The summed E-state index contributed by atoms with van der Waals surface area (Å²) in [6.45, 7) is 2.56. The van der Waals surface area contributed by atoms with Crippen LogP contribution in [0.3, 0.4) is 0 Å². The molecule has 0 bridgehead atoms. The highest BCUT2D eigenvalue weighted by atomic mass is 16.2. The number of benzene rings is 1. The molecule has 0 aliphatic heterocycles. The fourth-order valence-corrected chi connectivity index (χ4v) is 1.64. The minimum atomic E-state index is -0.0529. The molecule has 0 unspecified atom stereocenters. The third-order valence-corrected chi connectivity index (χ3v) is 2.69. The Morgan fingerprint density at radius 2 is 2.19 bits per heavy atom. The molecule has 2 rings (SSSR count). The number of nitrogens with one attached hydrogen (secondary N) is 1. The Bertz CT molecular complexity index is 388. The van der Waals surface area contributed by atoms with E-state index in [1.807, 2.05) is 31.2 Å². The number of hydrogen-bond donors (Lipinski definition) is 2. The van der Waals surface area contributed by atoms with Crippen LogP contribution in [0.15, 0.2) is 24.3 Å². The number of anilines is 2. The van der Waals surface area contributed by atoms with Crippen LogP contribution in [-0.4, -0.2) is 18.6 Å². The molecule has 1 fully saturated rings. The lowest BCUT2D eigenvalue weighted by atomic mass is 10.2. The quantitative estimate of drug-likeness (QED) is 0.763. The number of amides is 2. The Balaban J connectivity index is 2.14. The second-order valence-corrected chi connectivity index (χ2v) is 4.03. The van der Waals surface area contributed by atoms with Crippen LogP contribution in [0.2, 0.25) is 0 Å². The average Bonchev–Trinajstić information content (AvgIpc) is 3.06. The van der Waals surface area contributed by atoms with Gasteiger partial charge in [0, 0.05) is 12.6 Å². The number of para-hydroxylation sites is 2. The maximum absolute atomic E-state index is 11.9. The zero-order valence-electron chi connectivity index (χ0n) is 9.44. The van der Waals surface area contributed by atoms with E-state index in [-0.39, 0.29) is 6.03 Å². The Morgan fingerprint density at radius 1 is 1.50 bits per heavy atom. The van der Waals surface area contributed by atoms with E-state index in [2.05, 4.69) is 5.32 Å². The van der Waals surface area contributed by atoms with Crippen LogP contribution in [0.4, 0.5) is 16.2 Å². The fourth-order valence-electron chi connectivity index (χ4n) is 1.64. The largest absolute Gasteiger partial charge is 0.397 e. The van der Waals surface area contributed by atoms with Crippen LogP contribution < -0.4 is 16.0 Å². The first-order valence-electron chi connectivity index (χ1n) is 5.65. The maximum atomic E-state index is 11.9. The van der Waals surface area contributed by atoms with Crippen LogP contribution in [0.1, 0.15) is 19.8 Å². The van der Waals surface area contributed by atoms with E-state index in [0.29, 0.717) is 18.3 Å². The first-order valence-corrected chi connectivity index (χ1v) is 5.65. The van der Waals surface area contributed by atoms with Crippen molar-refractivity contribution in [2.24, 2.45) is 0 Å². The van der Waals surface area contributed by atoms with Crippen LogP contribution >= 0.6 is 0 Å². The summed E-state index contributed by atoms with van der Waals surface area (Å²) in [5.74, 6) is 0. The van der Waals surface area contributed by atoms with Crippen molar-refractivity contribution >= 4 is 17.4 Å². The minimum absolute atomic E-state index is 0.0529. The van der Waals surface area contributed by atoms with Gasteiger partial charge >= 0.3 is 6.03 Å². The smallest absolute Gasteiger partial charge is 0.322 e. The Labute approximate surface area is 95.4 Å². The summed E-state index contributed by atoms with van der Waals surface area (Å²) in [7, 11) is 0. The van der Waals surface area contributed by atoms with Gasteiger partial charge in [-0.1, -0.05) is 12.1 Å². The molecule has 4 nitrogen and oxygen atoms in total. The summed E-state index contributed by atoms with van der Waals surface area (Å²) in [5.41, 5.74) is 7.27. The maximum Gasteiger partial charge on any atom is 0.322 e. The molecule has 86 valence electrons. The summed E-state index contributed by atoms with van der Waals surface area (Å²) in [6, 6.07) is 7.74. The SMILES string of the molecule is CCN(C(=O)NC1CC1)c1ccccc1N. The van der Waals surface area contributed by atoms with Crippen molar-refractivity contribution in [2.75, 3.05) is 17.2 Å². The normalized spacial score (nSPS) is 14.6. The number of nitrogens with zero attached hydrogens (tertiary/aromatic N) is 1. The summed E-state index contributed by atoms with van der Waals surface area (Å²) in [5, 5.41) is 2.96. The van der Waals surface area contributed by atoms with Gasteiger partial charge in [0.25, 0.3) is 0 Å². The van der Waals surface area contributed by atoms with Gasteiger partial charge in [-0.3, -0.25) is 4.90 Å². The van der Waals surface area contributed by atoms with Crippen molar-refractivity contribution in [3.63, 3.8) is 0 Å². The first kappa shape index (κ1) is 10.8. The molecule has 0 atom stereocenters. The van der Waals surface area contributed by atoms with Crippen LogP contribution in [0, 0.1) is 0 Å². The molecule has 4 heteroatoms. The van der Waals surface area contributed by atoms with Gasteiger partial charge < -0.3 is 11.1 Å². The third kappa shape index (κ3) is 2.27. The van der Waals surface area contributed by atoms with Crippen molar-refractivity contribution < 1.29 is 4.79 Å². The molecular weight excluding hydrogens is 202 g/mol. The van der Waals surface area contributed by atoms with E-state index in [4.69, 9.17) is 5.73 Å². The molecular formula is C12H17N3O. The predicted molar refractivity (Wildman–Crippen MR) is 65.4 cm³/mol. The standard InChI is InChI=1S/C12H17N3O/c1-2-15(12(16)14-9-7-8-9)11-6-4-3-5-10(11)13/h3-6,9H,2,7-8,13H2,1H3,(H,14,16). The second kappa shape index (κ2) is 4.43. The first-order chi connectivity index (χ1) is 7.72. The number of nitrogens with two attached hydrogens (primary N) is 1. The predicted octanol–water partition coefficient (Wildman–Crippen LogP) is 1.97. The summed E-state index contributed by atoms with van der Waals surface area (Å²) in [4.78, 5) is 13.6. The number of carbonyl (C=O) groups excluding carboxylic acids is 1. The summed E-state index contributed by atoms with van der Waals surface area (Å²) < 4.78 is 0. The lowest BCUT2D eigenvalue weighted by Gasteiger charge is -2.22. The molecule has 0 saturated heterocycles. The third-order valence-electron chi connectivity index (χ3n) is 2.69. The highest BCUT2D eigenvalue weighted by molar-refractivity contribution is 5.95. The molecule has 0 radical (unpaired) electrons. The Kier molecular flexibility index (Phi) is 2.99. The molecule has 16 heavy (non-hydrogen) atoms. The monoisotopic (exact) mass is 219 g/mol. The van der Waals surface area contributed by atoms with Gasteiger partial charge in [0.1, 0.15) is 0 Å². The minimum Gasteiger partial charge on any atom is -0.397 e. The lowest BCUT2D eigenvalue weighted by Crippen LogP contribution is -2.41. The number of nitrogen functional groups attached to an aromatic ring is 1. The van der Waals surface area contributed by atoms with Crippen molar-refractivity contribution in [2.45, 2.75) is 25.8 Å². The van der Waals surface area contributed by atoms with Gasteiger partial charge in [0.2, 0.25) is 0 Å². The van der Waals surface area contributed by atoms with Crippen molar-refractivity contribution in [1.82, 2.24) is 5.32 Å². The topological polar surface area (TPSA) is 58.4 Å². The molecule has 1 saturated carbocycles. The van der Waals surface area contributed by atoms with E-state index in [1.165, 1.54) is 0 Å². The lowest BCUT2D eigenvalue weighted by molar-refractivity contribution is 0.246. The second-order valence-electron chi connectivity index (χ2n) is 4.03. The van der Waals surface area contributed by atoms with Crippen LogP contribution in [0.5, 0.6) is 0 Å². The molecule has 1 aliphatic carbocycles. The van der Waals surface area contributed by atoms with E-state index in [1.54, 1.807) is 4.90 Å². The zero-order chi connectivity index (χ0) is 11.5. The average molecular weight is 219 g/mol. The molecule has 1 aromatic carbocycles. The van der Waals surface area contributed by atoms with E-state index in [9.17, 15) is 4.79 Å². The summed E-state index contributed by atoms with van der Waals surface area (Å²) in [6.07, 6.45) is 2.18. The van der Waals surface area contributed by atoms with Crippen molar-refractivity contribution in [3.05, 3.63) is 24.3 Å². The molecule has 3 N–H and O–H groups in total. The van der Waals surface area contributed by atoms with Gasteiger partial charge in [0.15, 0.2) is 0 Å². The van der Waals surface area contributed by atoms with Crippen molar-refractivity contribution in [1.29, 1.82) is 0 Å². The number of carbonyl (C=O) groups is 1. The Hall–Kier alpha value is -1.71. The zero-order valence-corrected chi connectivity index (χ0v) is 9.44. The molecule has 1 aromatic rings. The van der Waals surface area contributed by atoms with Gasteiger partial charge in [-0.25, -0.2) is 4.79 Å². The van der Waals surface area contributed by atoms with Gasteiger partial charge in [-0.05, 0) is 31.9 Å². The van der Waals surface area contributed by atoms with Gasteiger partial charge in [-0.2, -0.15) is 0 Å². The summed E-state index contributed by atoms with van der Waals surface area (Å²) >= 11 is 0. The number of rotatable bonds is 3. The number of hydrogen-bond acceptors (Lipinski definition) is 2. The van der Waals surface area contributed by atoms with Crippen LogP contribution in [0.25, 0.3) is 0 Å². The molecule has 0 heterocycles. The molecule has 1 aliphatic rings. The Morgan fingerprint density at radius 3 is 2.75 bits per heavy atom. The fraction of sp³-hybridized carbons (Fsp3) is 0.417. The van der Waals surface area contributed by atoms with E-state index in [0.717, 1.165) is 18.5 Å². The highest BCUT2D eigenvalue weighted by Crippen LogP contribution is 2.24. The van der Waals surface area contributed by atoms with Crippen LogP contribution in [-0.2, 0) is 0 Å². The van der Waals surface area contributed by atoms with Gasteiger partial charge in [-0.15, -0.1) is 0 Å². The molecule has 0 spiro atoms. The van der Waals surface area contributed by atoms with Gasteiger partial charge in [0.05, 0.1) is 11.4 Å². The van der Waals surface area contributed by atoms with E-state index < -0.39 is 0 Å². The van der Waals surface area contributed by atoms with Crippen molar-refractivity contribution in [3.8, 4) is 0 Å². The highest BCUT2D eigenvalue weighted by Gasteiger charge is 2.26. The molecule has 0 aromatic heterocycles. The molecule has 2 amide bonds. The van der Waals surface area contributed by atoms with E-state index >= 15 is 0 Å². The number of urea groups is 1.